The van der Waals surface area contributed by atoms with Crippen LogP contribution in [0.4, 0.5) is 14.7 Å². The van der Waals surface area contributed by atoms with Gasteiger partial charge in [-0.3, -0.25) is 4.79 Å². The molecule has 1 fully saturated rings. The quantitative estimate of drug-likeness (QED) is 0.379. The zero-order chi connectivity index (χ0) is 24.8. The van der Waals surface area contributed by atoms with Gasteiger partial charge in [-0.25, -0.2) is 15.0 Å². The lowest BCUT2D eigenvalue weighted by Gasteiger charge is -2.27. The maximum atomic E-state index is 13.0. The van der Waals surface area contributed by atoms with Crippen molar-refractivity contribution in [1.82, 2.24) is 19.4 Å². The van der Waals surface area contributed by atoms with E-state index in [2.05, 4.69) is 15.0 Å². The van der Waals surface area contributed by atoms with Gasteiger partial charge in [0.1, 0.15) is 28.6 Å². The first-order valence-electron chi connectivity index (χ1n) is 11.5. The van der Waals surface area contributed by atoms with Crippen molar-refractivity contribution < 1.29 is 22.9 Å². The smallest absolute Gasteiger partial charge is 0.387 e. The van der Waals surface area contributed by atoms with Crippen LogP contribution < -0.4 is 9.64 Å². The molecule has 0 saturated carbocycles. The third-order valence-corrected chi connectivity index (χ3v) is 7.86. The molecule has 4 heterocycles. The second kappa shape index (κ2) is 9.14. The van der Waals surface area contributed by atoms with Crippen LogP contribution >= 0.6 is 0 Å². The van der Waals surface area contributed by atoms with E-state index in [1.165, 1.54) is 6.07 Å². The molecule has 36 heavy (non-hydrogen) atoms. The van der Waals surface area contributed by atoms with Crippen molar-refractivity contribution in [3.8, 4) is 16.9 Å². The topological polar surface area (TPSA) is 95.7 Å². The number of benzene rings is 1. The molecule has 11 heteroatoms. The van der Waals surface area contributed by atoms with E-state index in [-0.39, 0.29) is 18.0 Å². The van der Waals surface area contributed by atoms with Gasteiger partial charge in [-0.05, 0) is 18.2 Å². The second-order valence-corrected chi connectivity index (χ2v) is 10.4. The number of ether oxygens (including phenoxy) is 1. The first-order valence-corrected chi connectivity index (χ1v) is 13.0. The number of carbonyl (C=O) groups is 1. The van der Waals surface area contributed by atoms with E-state index in [0.717, 1.165) is 11.1 Å². The van der Waals surface area contributed by atoms with E-state index in [0.29, 0.717) is 53.1 Å². The second-order valence-electron chi connectivity index (χ2n) is 8.69. The molecule has 0 radical (unpaired) electrons. The van der Waals surface area contributed by atoms with Crippen LogP contribution in [0.25, 0.3) is 16.8 Å². The molecule has 0 N–H and O–H groups in total. The Kier molecular flexibility index (Phi) is 5.81. The molecule has 184 valence electrons. The molecule has 1 aliphatic heterocycles. The van der Waals surface area contributed by atoms with Gasteiger partial charge >= 0.3 is 6.61 Å². The number of imidazole rings is 1. The molecule has 3 aromatic heterocycles. The number of para-hydroxylation sites is 1. The molecule has 1 atom stereocenters. The highest BCUT2D eigenvalue weighted by atomic mass is 32.2. The predicted octanol–water partition coefficient (Wildman–Crippen LogP) is 3.68. The van der Waals surface area contributed by atoms with Crippen molar-refractivity contribution >= 4 is 28.6 Å². The van der Waals surface area contributed by atoms with E-state index in [4.69, 9.17) is 4.74 Å². The van der Waals surface area contributed by atoms with Crippen LogP contribution in [0.15, 0.2) is 55.0 Å². The van der Waals surface area contributed by atoms with E-state index >= 15 is 0 Å². The average Bonchev–Trinajstić information content (AvgIpc) is 3.42. The van der Waals surface area contributed by atoms with Crippen molar-refractivity contribution in [2.45, 2.75) is 19.0 Å². The maximum absolute atomic E-state index is 13.0. The van der Waals surface area contributed by atoms with Gasteiger partial charge < -0.3 is 18.6 Å². The van der Waals surface area contributed by atoms with Crippen LogP contribution in [0.3, 0.4) is 0 Å². The van der Waals surface area contributed by atoms with Crippen molar-refractivity contribution in [1.29, 1.82) is 0 Å². The monoisotopic (exact) mass is 509 g/mol. The zero-order valence-electron chi connectivity index (χ0n) is 19.0. The number of fused-ring (bicyclic) bond motifs is 3. The van der Waals surface area contributed by atoms with Crippen LogP contribution in [-0.4, -0.2) is 60.9 Å². The fourth-order valence-electron chi connectivity index (χ4n) is 4.85. The van der Waals surface area contributed by atoms with Crippen LogP contribution in [0.5, 0.6) is 5.75 Å². The summed E-state index contributed by atoms with van der Waals surface area (Å²) in [7, 11) is 0. The van der Waals surface area contributed by atoms with Gasteiger partial charge in [0, 0.05) is 47.6 Å². The molecule has 4 aromatic rings. The molecule has 0 unspecified atom stereocenters. The number of rotatable bonds is 5. The summed E-state index contributed by atoms with van der Waals surface area (Å²) >= 11 is -0.778. The molecule has 0 spiro atoms. The van der Waals surface area contributed by atoms with Crippen molar-refractivity contribution in [3.05, 3.63) is 71.9 Å². The summed E-state index contributed by atoms with van der Waals surface area (Å²) in [6.07, 6.45) is 5.47. The Hall–Kier alpha value is -3.57. The first kappa shape index (κ1) is 22.9. The van der Waals surface area contributed by atoms with Gasteiger partial charge in [-0.15, -0.1) is 0 Å². The number of pyridine rings is 1. The lowest BCUT2D eigenvalue weighted by molar-refractivity contribution is -0.0505. The zero-order valence-corrected chi connectivity index (χ0v) is 19.8. The van der Waals surface area contributed by atoms with Crippen molar-refractivity contribution in [2.24, 2.45) is 0 Å². The molecule has 8 nitrogen and oxygen atoms in total. The minimum atomic E-state index is -2.97. The summed E-state index contributed by atoms with van der Waals surface area (Å²) in [6, 6.07) is 10.2. The van der Waals surface area contributed by atoms with Gasteiger partial charge in [0.2, 0.25) is 5.95 Å². The molecule has 0 bridgehead atoms. The fraction of sp³-hybridized carbons (Fsp3) is 0.280. The van der Waals surface area contributed by atoms with E-state index in [9.17, 15) is 18.1 Å². The highest BCUT2D eigenvalue weighted by Gasteiger charge is 2.37. The highest BCUT2D eigenvalue weighted by molar-refractivity contribution is 7.91. The Balaban J connectivity index is 1.36. The Morgan fingerprint density at radius 1 is 1.06 bits per heavy atom. The van der Waals surface area contributed by atoms with Gasteiger partial charge in [0.15, 0.2) is 5.78 Å². The average molecular weight is 510 g/mol. The van der Waals surface area contributed by atoms with E-state index in [1.807, 2.05) is 27.6 Å². The van der Waals surface area contributed by atoms with Crippen molar-refractivity contribution in [2.75, 3.05) is 29.5 Å². The Morgan fingerprint density at radius 3 is 2.56 bits per heavy atom. The van der Waals surface area contributed by atoms with Crippen LogP contribution in [0.1, 0.15) is 34.1 Å². The molecule has 1 aliphatic carbocycles. The number of nitrogens with zero attached hydrogens (tertiary/aromatic N) is 5. The molecular weight excluding hydrogens is 488 g/mol. The van der Waals surface area contributed by atoms with Gasteiger partial charge in [-0.1, -0.05) is 29.4 Å². The number of anilines is 1. The summed E-state index contributed by atoms with van der Waals surface area (Å²) in [4.78, 5) is 28.4. The molecular formula is C25H21F2N5O3S. The summed E-state index contributed by atoms with van der Waals surface area (Å²) in [6.45, 7) is -1.65. The SMILES string of the molecule is O=C1C[C@H](c2ccccc2OC(F)F)c2c1nc1ccc(-c3cnc(N4CC[S+]([O-])CC4)nc3)cn21. The standard InChI is InChI=1S/C25H21F2N5O3S/c26-24(27)35-20-4-2-1-3-17(20)18-11-19(33)22-23(18)32-14-15(5-6-21(32)30-22)16-12-28-25(29-13-16)31-7-9-36(34)10-8-31/h1-6,12-14,18,24H,7-11H2/t18-/m1/s1. The Morgan fingerprint density at radius 2 is 1.81 bits per heavy atom. The molecule has 6 rings (SSSR count). The number of hydrogen-bond acceptors (Lipinski definition) is 7. The van der Waals surface area contributed by atoms with Crippen LogP contribution in [0, 0.1) is 0 Å². The fourth-order valence-corrected chi connectivity index (χ4v) is 5.90. The van der Waals surface area contributed by atoms with Gasteiger partial charge in [0.25, 0.3) is 0 Å². The Bertz CT molecular complexity index is 1440. The molecule has 1 aromatic carbocycles. The lowest BCUT2D eigenvalue weighted by Crippen LogP contribution is -2.41. The Labute approximate surface area is 208 Å². The number of carbonyl (C=O) groups excluding carboxylic acids is 1. The first-order chi connectivity index (χ1) is 17.5. The molecule has 0 amide bonds. The minimum Gasteiger partial charge on any atom is -0.616 e. The number of hydrogen-bond donors (Lipinski definition) is 0. The number of alkyl halides is 2. The van der Waals surface area contributed by atoms with Crippen molar-refractivity contribution in [3.63, 3.8) is 0 Å². The molecule has 1 saturated heterocycles. The number of ketones is 1. The maximum Gasteiger partial charge on any atom is 0.387 e. The summed E-state index contributed by atoms with van der Waals surface area (Å²) < 4.78 is 44.3. The summed E-state index contributed by atoms with van der Waals surface area (Å²) in [5.41, 5.74) is 3.72. The normalized spacial score (nSPS) is 18.3. The number of halogens is 2. The van der Waals surface area contributed by atoms with E-state index < -0.39 is 23.7 Å². The molecule has 2 aliphatic rings. The minimum absolute atomic E-state index is 0.0507. The van der Waals surface area contributed by atoms with Gasteiger partial charge in [0.05, 0.1) is 18.8 Å². The number of Topliss-reactive ketones (excluding diaryl/α,β-unsaturated/α-hetero) is 1. The highest BCUT2D eigenvalue weighted by Crippen LogP contribution is 2.42. The van der Waals surface area contributed by atoms with E-state index in [1.54, 1.807) is 30.6 Å². The van der Waals surface area contributed by atoms with Crippen LogP contribution in [-0.2, 0) is 11.2 Å². The summed E-state index contributed by atoms with van der Waals surface area (Å²) in [5, 5.41) is 0. The third-order valence-electron chi connectivity index (χ3n) is 6.58. The lowest BCUT2D eigenvalue weighted by atomic mass is 9.95. The van der Waals surface area contributed by atoms with Crippen LogP contribution in [0.2, 0.25) is 0 Å². The summed E-state index contributed by atoms with van der Waals surface area (Å²) in [5.74, 6) is 1.27. The third kappa shape index (κ3) is 4.07. The predicted molar refractivity (Wildman–Crippen MR) is 130 cm³/mol. The largest absolute Gasteiger partial charge is 0.616 e. The number of aromatic nitrogens is 4. The van der Waals surface area contributed by atoms with Gasteiger partial charge in [-0.2, -0.15) is 8.78 Å².